The van der Waals surface area contributed by atoms with Crippen molar-refractivity contribution in [2.24, 2.45) is 0 Å². The van der Waals surface area contributed by atoms with E-state index >= 15 is 0 Å². The molecule has 0 saturated heterocycles. The van der Waals surface area contributed by atoms with E-state index in [-0.39, 0.29) is 5.78 Å². The van der Waals surface area contributed by atoms with Gasteiger partial charge < -0.3 is 0 Å². The zero-order valence-corrected chi connectivity index (χ0v) is 11.6. The summed E-state index contributed by atoms with van der Waals surface area (Å²) in [6.07, 6.45) is 0.372. The maximum Gasteiger partial charge on any atom is 0.196 e. The molecule has 0 aliphatic rings. The number of para-hydroxylation sites is 1. The van der Waals surface area contributed by atoms with Crippen LogP contribution >= 0.6 is 34.3 Å². The molecule has 3 rings (SSSR count). The molecule has 0 aliphatic carbocycles. The molecule has 2 aromatic heterocycles. The van der Waals surface area contributed by atoms with Crippen molar-refractivity contribution in [1.82, 2.24) is 4.98 Å². The monoisotopic (exact) mass is 293 g/mol. The summed E-state index contributed by atoms with van der Waals surface area (Å²) in [6.45, 7) is 0. The molecular weight excluding hydrogens is 286 g/mol. The van der Waals surface area contributed by atoms with E-state index in [9.17, 15) is 4.79 Å². The highest BCUT2D eigenvalue weighted by atomic mass is 35.5. The van der Waals surface area contributed by atoms with E-state index in [1.54, 1.807) is 0 Å². The van der Waals surface area contributed by atoms with Crippen molar-refractivity contribution in [3.05, 3.63) is 50.6 Å². The van der Waals surface area contributed by atoms with E-state index in [0.29, 0.717) is 15.8 Å². The molecule has 0 N–H and O–H groups in total. The summed E-state index contributed by atoms with van der Waals surface area (Å²) in [5.74, 6) is 0.0507. The molecule has 0 bridgehead atoms. The number of ketones is 1. The van der Waals surface area contributed by atoms with Gasteiger partial charge in [0.2, 0.25) is 0 Å². The first-order valence-corrected chi connectivity index (χ1v) is 7.36. The quantitative estimate of drug-likeness (QED) is 0.668. The minimum absolute atomic E-state index is 0.0507. The van der Waals surface area contributed by atoms with Gasteiger partial charge in [0, 0.05) is 11.3 Å². The van der Waals surface area contributed by atoms with Gasteiger partial charge in [-0.05, 0) is 24.3 Å². The van der Waals surface area contributed by atoms with E-state index in [4.69, 9.17) is 11.6 Å². The summed E-state index contributed by atoms with van der Waals surface area (Å²) in [4.78, 5) is 17.4. The fourth-order valence-corrected chi connectivity index (χ4v) is 3.66. The van der Waals surface area contributed by atoms with Crippen molar-refractivity contribution in [1.29, 1.82) is 0 Å². The molecule has 0 atom stereocenters. The number of fused-ring (bicyclic) bond motifs is 1. The predicted molar refractivity (Wildman–Crippen MR) is 77.0 cm³/mol. The van der Waals surface area contributed by atoms with E-state index in [1.165, 1.54) is 22.7 Å². The van der Waals surface area contributed by atoms with Gasteiger partial charge in [-0.1, -0.05) is 23.7 Å². The summed E-state index contributed by atoms with van der Waals surface area (Å²) < 4.78 is 1.76. The Morgan fingerprint density at radius 3 is 2.72 bits per heavy atom. The van der Waals surface area contributed by atoms with E-state index in [2.05, 4.69) is 4.98 Å². The number of thiophene rings is 1. The first kappa shape index (κ1) is 11.8. The molecule has 3 aromatic rings. The van der Waals surface area contributed by atoms with Crippen LogP contribution in [0.15, 0.2) is 36.4 Å². The van der Waals surface area contributed by atoms with Gasteiger partial charge in [0.15, 0.2) is 10.8 Å². The Kier molecular flexibility index (Phi) is 3.16. The maximum absolute atomic E-state index is 12.1. The largest absolute Gasteiger partial charge is 0.291 e. The minimum atomic E-state index is 0.0507. The second-order valence-electron chi connectivity index (χ2n) is 3.79. The van der Waals surface area contributed by atoms with Crippen molar-refractivity contribution in [3.63, 3.8) is 0 Å². The molecule has 0 unspecified atom stereocenters. The Bertz CT molecular complexity index is 683. The molecule has 0 fully saturated rings. The second-order valence-corrected chi connectivity index (χ2v) is 6.62. The van der Waals surface area contributed by atoms with Gasteiger partial charge in [-0.25, -0.2) is 4.98 Å². The lowest BCUT2D eigenvalue weighted by molar-refractivity contribution is 0.0993. The van der Waals surface area contributed by atoms with Crippen LogP contribution in [0.1, 0.15) is 14.7 Å². The molecule has 2 heterocycles. The van der Waals surface area contributed by atoms with Gasteiger partial charge in [0.05, 0.1) is 14.6 Å². The molecule has 1 aromatic carbocycles. The van der Waals surface area contributed by atoms with Gasteiger partial charge in [0.25, 0.3) is 0 Å². The lowest BCUT2D eigenvalue weighted by atomic mass is 10.2. The number of halogens is 1. The van der Waals surface area contributed by atoms with Gasteiger partial charge in [0.1, 0.15) is 0 Å². The Labute approximate surface area is 117 Å². The third-order valence-corrected chi connectivity index (χ3v) is 4.80. The number of aromatic nitrogens is 1. The summed E-state index contributed by atoms with van der Waals surface area (Å²) in [5, 5.41) is 0.570. The van der Waals surface area contributed by atoms with Gasteiger partial charge in [-0.3, -0.25) is 4.79 Å². The third-order valence-electron chi connectivity index (χ3n) is 2.50. The van der Waals surface area contributed by atoms with Gasteiger partial charge in [-0.2, -0.15) is 0 Å². The Morgan fingerprint density at radius 1 is 1.17 bits per heavy atom. The number of thiazole rings is 1. The van der Waals surface area contributed by atoms with Gasteiger partial charge >= 0.3 is 0 Å². The third kappa shape index (κ3) is 2.32. The molecule has 0 saturated carbocycles. The number of carbonyl (C=O) groups is 1. The number of benzene rings is 1. The zero-order chi connectivity index (χ0) is 12.5. The average Bonchev–Trinajstić information content (AvgIpc) is 2.95. The molecule has 2 nitrogen and oxygen atoms in total. The zero-order valence-electron chi connectivity index (χ0n) is 9.22. The van der Waals surface area contributed by atoms with Crippen molar-refractivity contribution >= 4 is 50.3 Å². The molecular formula is C13H8ClNOS2. The van der Waals surface area contributed by atoms with Crippen LogP contribution in [0.4, 0.5) is 0 Å². The van der Waals surface area contributed by atoms with Crippen LogP contribution in [-0.2, 0) is 6.42 Å². The average molecular weight is 294 g/mol. The second kappa shape index (κ2) is 4.80. The van der Waals surface area contributed by atoms with Crippen LogP contribution in [0.3, 0.4) is 0 Å². The fraction of sp³-hybridized carbons (Fsp3) is 0.0769. The molecule has 90 valence electrons. The number of hydrogen-bond donors (Lipinski definition) is 0. The lowest BCUT2D eigenvalue weighted by Gasteiger charge is -1.92. The predicted octanol–water partition coefficient (Wildman–Crippen LogP) is 4.44. The topological polar surface area (TPSA) is 30.0 Å². The highest BCUT2D eigenvalue weighted by molar-refractivity contribution is 7.20. The highest BCUT2D eigenvalue weighted by Crippen LogP contribution is 2.25. The Balaban J connectivity index is 1.87. The Morgan fingerprint density at radius 2 is 2.00 bits per heavy atom. The van der Waals surface area contributed by atoms with Crippen molar-refractivity contribution < 1.29 is 4.79 Å². The highest BCUT2D eigenvalue weighted by Gasteiger charge is 2.13. The number of carbonyl (C=O) groups excluding carboxylic acids is 1. The van der Waals surface area contributed by atoms with Crippen LogP contribution in [0.2, 0.25) is 4.34 Å². The van der Waals surface area contributed by atoms with Crippen molar-refractivity contribution in [2.75, 3.05) is 0 Å². The summed E-state index contributed by atoms with van der Waals surface area (Å²) in [7, 11) is 0. The maximum atomic E-state index is 12.1. The molecule has 0 radical (unpaired) electrons. The Hall–Kier alpha value is -1.23. The molecule has 0 amide bonds. The van der Waals surface area contributed by atoms with E-state index in [1.807, 2.05) is 36.4 Å². The standard InChI is InChI=1S/C13H8ClNOS2/c14-12-6-5-8(17-12)7-10(16)13-15-9-3-1-2-4-11(9)18-13/h1-6H,7H2. The molecule has 0 spiro atoms. The van der Waals surface area contributed by atoms with Crippen molar-refractivity contribution in [2.45, 2.75) is 6.42 Å². The number of Topliss-reactive ketones (excluding diaryl/α,β-unsaturated/α-hetero) is 1. The van der Waals surface area contributed by atoms with Gasteiger partial charge in [-0.15, -0.1) is 22.7 Å². The number of nitrogens with zero attached hydrogens (tertiary/aromatic N) is 1. The molecule has 5 heteroatoms. The van der Waals surface area contributed by atoms with Crippen LogP contribution in [-0.4, -0.2) is 10.8 Å². The molecule has 18 heavy (non-hydrogen) atoms. The lowest BCUT2D eigenvalue weighted by Crippen LogP contribution is -2.00. The smallest absolute Gasteiger partial charge is 0.196 e. The summed E-state index contributed by atoms with van der Waals surface area (Å²) in [6, 6.07) is 11.5. The summed E-state index contributed by atoms with van der Waals surface area (Å²) >= 11 is 8.73. The first-order valence-electron chi connectivity index (χ1n) is 5.35. The van der Waals surface area contributed by atoms with E-state index < -0.39 is 0 Å². The molecule has 0 aliphatic heterocycles. The number of hydrogen-bond acceptors (Lipinski definition) is 4. The summed E-state index contributed by atoms with van der Waals surface area (Å²) in [5.41, 5.74) is 0.884. The SMILES string of the molecule is O=C(Cc1ccc(Cl)s1)c1nc2ccccc2s1. The number of rotatable bonds is 3. The van der Waals surface area contributed by atoms with Crippen molar-refractivity contribution in [3.8, 4) is 0 Å². The van der Waals surface area contributed by atoms with Crippen LogP contribution in [0, 0.1) is 0 Å². The fourth-order valence-electron chi connectivity index (χ4n) is 1.67. The van der Waals surface area contributed by atoms with E-state index in [0.717, 1.165) is 15.1 Å². The van der Waals surface area contributed by atoms with Crippen LogP contribution in [0.5, 0.6) is 0 Å². The minimum Gasteiger partial charge on any atom is -0.291 e. The van der Waals surface area contributed by atoms with Crippen LogP contribution < -0.4 is 0 Å². The van der Waals surface area contributed by atoms with Crippen LogP contribution in [0.25, 0.3) is 10.2 Å². The normalized spacial score (nSPS) is 10.9. The first-order chi connectivity index (χ1) is 8.72.